The van der Waals surface area contributed by atoms with E-state index in [1.54, 1.807) is 0 Å². The van der Waals surface area contributed by atoms with Gasteiger partial charge in [0.15, 0.2) is 0 Å². The van der Waals surface area contributed by atoms with Crippen molar-refractivity contribution in [2.24, 2.45) is 5.73 Å². The van der Waals surface area contributed by atoms with Crippen molar-refractivity contribution in [3.05, 3.63) is 29.5 Å². The Morgan fingerprint density at radius 3 is 3.08 bits per heavy atom. The number of benzene rings is 1. The maximum absolute atomic E-state index is 5.51. The van der Waals surface area contributed by atoms with Crippen molar-refractivity contribution in [1.82, 2.24) is 5.16 Å². The Kier molecular flexibility index (Phi) is 1.59. The van der Waals surface area contributed by atoms with Gasteiger partial charge in [-0.3, -0.25) is 0 Å². The van der Waals surface area contributed by atoms with E-state index >= 15 is 0 Å². The molecular formula is C9H10N2O. The van der Waals surface area contributed by atoms with E-state index in [-0.39, 0.29) is 0 Å². The first kappa shape index (κ1) is 7.31. The molecule has 1 heterocycles. The molecule has 0 aliphatic carbocycles. The van der Waals surface area contributed by atoms with Crippen molar-refractivity contribution >= 4 is 10.9 Å². The van der Waals surface area contributed by atoms with Gasteiger partial charge >= 0.3 is 0 Å². The summed E-state index contributed by atoms with van der Waals surface area (Å²) in [5, 5.41) is 4.93. The van der Waals surface area contributed by atoms with Crippen molar-refractivity contribution < 1.29 is 4.52 Å². The minimum Gasteiger partial charge on any atom is -0.360 e. The zero-order valence-corrected chi connectivity index (χ0v) is 6.87. The third kappa shape index (κ3) is 0.987. The highest BCUT2D eigenvalue weighted by Gasteiger charge is 2.03. The maximum Gasteiger partial charge on any atom is 0.141 e. The molecule has 0 saturated heterocycles. The van der Waals surface area contributed by atoms with Crippen molar-refractivity contribution in [2.75, 3.05) is 0 Å². The van der Waals surface area contributed by atoms with Gasteiger partial charge in [-0.15, -0.1) is 0 Å². The van der Waals surface area contributed by atoms with Gasteiger partial charge < -0.3 is 10.3 Å². The van der Waals surface area contributed by atoms with Gasteiger partial charge in [-0.05, 0) is 24.6 Å². The van der Waals surface area contributed by atoms with Crippen LogP contribution in [0.25, 0.3) is 10.9 Å². The number of nitrogens with zero attached hydrogens (tertiary/aromatic N) is 1. The highest BCUT2D eigenvalue weighted by Crippen LogP contribution is 2.18. The monoisotopic (exact) mass is 162 g/mol. The normalized spacial score (nSPS) is 10.8. The van der Waals surface area contributed by atoms with Crippen LogP contribution in [-0.2, 0) is 6.54 Å². The van der Waals surface area contributed by atoms with Crippen LogP contribution in [0.5, 0.6) is 0 Å². The van der Waals surface area contributed by atoms with Crippen LogP contribution in [0.15, 0.2) is 22.7 Å². The van der Waals surface area contributed by atoms with Gasteiger partial charge in [-0.1, -0.05) is 11.2 Å². The van der Waals surface area contributed by atoms with Crippen LogP contribution < -0.4 is 5.73 Å². The molecule has 12 heavy (non-hydrogen) atoms. The topological polar surface area (TPSA) is 52.0 Å². The van der Waals surface area contributed by atoms with Gasteiger partial charge in [0.2, 0.25) is 0 Å². The Morgan fingerprint density at radius 2 is 2.33 bits per heavy atom. The van der Waals surface area contributed by atoms with Crippen LogP contribution >= 0.6 is 0 Å². The fraction of sp³-hybridized carbons (Fsp3) is 0.222. The second-order valence-corrected chi connectivity index (χ2v) is 2.79. The molecule has 0 aliphatic heterocycles. The smallest absolute Gasteiger partial charge is 0.141 e. The average Bonchev–Trinajstić information content (AvgIpc) is 2.47. The minimum atomic E-state index is 0.556. The molecule has 0 radical (unpaired) electrons. The standard InChI is InChI=1S/C9H10N2O/c1-6-8-4-7(5-10)2-3-9(8)11-12-6/h2-4H,5,10H2,1H3. The highest BCUT2D eigenvalue weighted by atomic mass is 16.5. The molecule has 2 aromatic rings. The number of aromatic nitrogens is 1. The van der Waals surface area contributed by atoms with E-state index in [4.69, 9.17) is 10.3 Å². The Hall–Kier alpha value is -1.35. The van der Waals surface area contributed by atoms with E-state index in [1.165, 1.54) is 0 Å². The fourth-order valence-electron chi connectivity index (χ4n) is 1.24. The molecule has 0 aliphatic rings. The van der Waals surface area contributed by atoms with E-state index < -0.39 is 0 Å². The van der Waals surface area contributed by atoms with Crippen molar-refractivity contribution in [2.45, 2.75) is 13.5 Å². The van der Waals surface area contributed by atoms with Crippen LogP contribution in [0.3, 0.4) is 0 Å². The molecule has 0 atom stereocenters. The predicted molar refractivity (Wildman–Crippen MR) is 46.6 cm³/mol. The lowest BCUT2D eigenvalue weighted by atomic mass is 10.1. The third-order valence-corrected chi connectivity index (χ3v) is 1.96. The van der Waals surface area contributed by atoms with Crippen molar-refractivity contribution in [1.29, 1.82) is 0 Å². The van der Waals surface area contributed by atoms with E-state index in [9.17, 15) is 0 Å². The van der Waals surface area contributed by atoms with Gasteiger partial charge in [-0.25, -0.2) is 0 Å². The molecule has 0 unspecified atom stereocenters. The second kappa shape index (κ2) is 2.60. The lowest BCUT2D eigenvalue weighted by molar-refractivity contribution is 0.405. The SMILES string of the molecule is Cc1onc2ccc(CN)cc12. The van der Waals surface area contributed by atoms with E-state index in [1.807, 2.05) is 25.1 Å². The molecule has 1 aromatic carbocycles. The summed E-state index contributed by atoms with van der Waals surface area (Å²) in [6.45, 7) is 2.45. The summed E-state index contributed by atoms with van der Waals surface area (Å²) < 4.78 is 5.02. The van der Waals surface area contributed by atoms with E-state index in [0.717, 1.165) is 22.2 Å². The summed E-state index contributed by atoms with van der Waals surface area (Å²) in [7, 11) is 0. The number of fused-ring (bicyclic) bond motifs is 1. The minimum absolute atomic E-state index is 0.556. The molecule has 0 bridgehead atoms. The molecular weight excluding hydrogens is 152 g/mol. The largest absolute Gasteiger partial charge is 0.360 e. The lowest BCUT2D eigenvalue weighted by Gasteiger charge is -1.94. The summed E-state index contributed by atoms with van der Waals surface area (Å²) in [5.41, 5.74) is 7.51. The number of hydrogen-bond donors (Lipinski definition) is 1. The molecule has 2 N–H and O–H groups in total. The number of aryl methyl sites for hydroxylation is 1. The molecule has 3 nitrogen and oxygen atoms in total. The predicted octanol–water partition coefficient (Wildman–Crippen LogP) is 1.59. The summed E-state index contributed by atoms with van der Waals surface area (Å²) in [6.07, 6.45) is 0. The summed E-state index contributed by atoms with van der Waals surface area (Å²) in [6, 6.07) is 5.90. The molecule has 0 amide bonds. The molecule has 3 heteroatoms. The van der Waals surface area contributed by atoms with Crippen molar-refractivity contribution in [3.63, 3.8) is 0 Å². The molecule has 1 aromatic heterocycles. The zero-order valence-electron chi connectivity index (χ0n) is 6.87. The van der Waals surface area contributed by atoms with Gasteiger partial charge in [0.1, 0.15) is 11.3 Å². The van der Waals surface area contributed by atoms with Crippen LogP contribution in [-0.4, -0.2) is 5.16 Å². The second-order valence-electron chi connectivity index (χ2n) is 2.79. The van der Waals surface area contributed by atoms with Gasteiger partial charge in [0.25, 0.3) is 0 Å². The highest BCUT2D eigenvalue weighted by molar-refractivity contribution is 5.80. The van der Waals surface area contributed by atoms with E-state index in [0.29, 0.717) is 6.54 Å². The van der Waals surface area contributed by atoms with Crippen LogP contribution in [0.1, 0.15) is 11.3 Å². The fourth-order valence-corrected chi connectivity index (χ4v) is 1.24. The Bertz CT molecular complexity index is 406. The number of nitrogens with two attached hydrogens (primary N) is 1. The molecule has 0 saturated carbocycles. The Morgan fingerprint density at radius 1 is 1.50 bits per heavy atom. The molecule has 0 spiro atoms. The number of hydrogen-bond acceptors (Lipinski definition) is 3. The number of rotatable bonds is 1. The Balaban J connectivity index is 2.71. The van der Waals surface area contributed by atoms with Crippen LogP contribution in [0.2, 0.25) is 0 Å². The summed E-state index contributed by atoms with van der Waals surface area (Å²) in [5.74, 6) is 0.848. The first-order valence-electron chi connectivity index (χ1n) is 3.86. The summed E-state index contributed by atoms with van der Waals surface area (Å²) >= 11 is 0. The average molecular weight is 162 g/mol. The molecule has 2 rings (SSSR count). The van der Waals surface area contributed by atoms with Gasteiger partial charge in [0.05, 0.1) is 0 Å². The quantitative estimate of drug-likeness (QED) is 0.692. The Labute approximate surface area is 70.1 Å². The van der Waals surface area contributed by atoms with Crippen LogP contribution in [0.4, 0.5) is 0 Å². The molecule has 0 fully saturated rings. The lowest BCUT2D eigenvalue weighted by Crippen LogP contribution is -1.95. The third-order valence-electron chi connectivity index (χ3n) is 1.96. The van der Waals surface area contributed by atoms with Gasteiger partial charge in [0, 0.05) is 11.9 Å². The van der Waals surface area contributed by atoms with E-state index in [2.05, 4.69) is 5.16 Å². The molecule has 62 valence electrons. The summed E-state index contributed by atoms with van der Waals surface area (Å²) in [4.78, 5) is 0. The van der Waals surface area contributed by atoms with Crippen molar-refractivity contribution in [3.8, 4) is 0 Å². The maximum atomic E-state index is 5.51. The van der Waals surface area contributed by atoms with Crippen LogP contribution in [0, 0.1) is 6.92 Å². The van der Waals surface area contributed by atoms with Gasteiger partial charge in [-0.2, -0.15) is 0 Å². The first-order chi connectivity index (χ1) is 5.81. The first-order valence-corrected chi connectivity index (χ1v) is 3.86. The zero-order chi connectivity index (χ0) is 8.55.